The zero-order chi connectivity index (χ0) is 13.1. The molecule has 2 aromatic rings. The van der Waals surface area contributed by atoms with Crippen LogP contribution >= 0.6 is 0 Å². The summed E-state index contributed by atoms with van der Waals surface area (Å²) in [5.74, 6) is 0.701. The second kappa shape index (κ2) is 5.50. The van der Waals surface area contributed by atoms with Gasteiger partial charge in [0, 0.05) is 13.1 Å². The number of aromatic nitrogens is 2. The molecule has 0 radical (unpaired) electrons. The van der Waals surface area contributed by atoms with Gasteiger partial charge in [-0.25, -0.2) is 0 Å². The van der Waals surface area contributed by atoms with Crippen LogP contribution in [0.4, 0.5) is 0 Å². The van der Waals surface area contributed by atoms with Crippen molar-refractivity contribution in [3.05, 3.63) is 47.6 Å². The van der Waals surface area contributed by atoms with Gasteiger partial charge in [0.05, 0.1) is 19.3 Å². The first kappa shape index (κ1) is 12.3. The van der Waals surface area contributed by atoms with Gasteiger partial charge in [-0.3, -0.25) is 4.90 Å². The highest BCUT2D eigenvalue weighted by Crippen LogP contribution is 2.23. The maximum atomic E-state index is 5.53. The van der Waals surface area contributed by atoms with Crippen molar-refractivity contribution in [2.45, 2.75) is 19.5 Å². The Morgan fingerprint density at radius 3 is 3.16 bits per heavy atom. The predicted octanol–water partition coefficient (Wildman–Crippen LogP) is 1.95. The molecule has 2 heterocycles. The van der Waals surface area contributed by atoms with E-state index >= 15 is 0 Å². The van der Waals surface area contributed by atoms with E-state index in [4.69, 9.17) is 9.26 Å². The SMILES string of the molecule is Cc1cccc(CN2CCOC[C@@H]2c2ncon2)c1. The molecule has 1 aromatic heterocycles. The summed E-state index contributed by atoms with van der Waals surface area (Å²) in [5.41, 5.74) is 2.58. The van der Waals surface area contributed by atoms with E-state index in [9.17, 15) is 0 Å². The molecule has 0 saturated carbocycles. The molecule has 19 heavy (non-hydrogen) atoms. The number of aryl methyl sites for hydroxylation is 1. The van der Waals surface area contributed by atoms with Crippen LogP contribution in [0.1, 0.15) is 23.0 Å². The van der Waals surface area contributed by atoms with E-state index in [0.717, 1.165) is 19.7 Å². The lowest BCUT2D eigenvalue weighted by Crippen LogP contribution is -2.39. The summed E-state index contributed by atoms with van der Waals surface area (Å²) in [6.07, 6.45) is 1.37. The van der Waals surface area contributed by atoms with Gasteiger partial charge in [0.25, 0.3) is 0 Å². The molecule has 1 aromatic carbocycles. The fourth-order valence-electron chi connectivity index (χ4n) is 2.44. The highest BCUT2D eigenvalue weighted by molar-refractivity contribution is 5.22. The summed E-state index contributed by atoms with van der Waals surface area (Å²) in [5, 5.41) is 3.94. The van der Waals surface area contributed by atoms with Gasteiger partial charge in [0.15, 0.2) is 5.82 Å². The average molecular weight is 259 g/mol. The molecule has 1 saturated heterocycles. The molecule has 100 valence electrons. The normalized spacial score (nSPS) is 20.6. The van der Waals surface area contributed by atoms with E-state index in [1.807, 2.05) is 0 Å². The minimum Gasteiger partial charge on any atom is -0.378 e. The molecule has 3 rings (SSSR count). The molecule has 0 bridgehead atoms. The number of benzene rings is 1. The Hall–Kier alpha value is -1.72. The molecular weight excluding hydrogens is 242 g/mol. The van der Waals surface area contributed by atoms with Crippen LogP contribution in [0.25, 0.3) is 0 Å². The Kier molecular flexibility index (Phi) is 3.57. The summed E-state index contributed by atoms with van der Waals surface area (Å²) in [4.78, 5) is 6.49. The molecule has 0 spiro atoms. The largest absolute Gasteiger partial charge is 0.378 e. The number of rotatable bonds is 3. The molecule has 1 atom stereocenters. The zero-order valence-corrected chi connectivity index (χ0v) is 11.0. The van der Waals surface area contributed by atoms with E-state index < -0.39 is 0 Å². The Labute approximate surface area is 112 Å². The molecule has 0 unspecified atom stereocenters. The van der Waals surface area contributed by atoms with Crippen molar-refractivity contribution in [2.75, 3.05) is 19.8 Å². The number of hydrogen-bond acceptors (Lipinski definition) is 5. The van der Waals surface area contributed by atoms with E-state index in [1.54, 1.807) is 0 Å². The molecule has 5 nitrogen and oxygen atoms in total. The smallest absolute Gasteiger partial charge is 0.213 e. The monoisotopic (exact) mass is 259 g/mol. The molecular formula is C14H17N3O2. The minimum absolute atomic E-state index is 0.0769. The Balaban J connectivity index is 1.77. The fourth-order valence-corrected chi connectivity index (χ4v) is 2.44. The van der Waals surface area contributed by atoms with E-state index in [1.165, 1.54) is 17.5 Å². The molecule has 1 aliphatic heterocycles. The molecule has 0 N–H and O–H groups in total. The van der Waals surface area contributed by atoms with Gasteiger partial charge in [0.1, 0.15) is 0 Å². The van der Waals surface area contributed by atoms with Gasteiger partial charge < -0.3 is 9.26 Å². The Morgan fingerprint density at radius 2 is 2.37 bits per heavy atom. The van der Waals surface area contributed by atoms with Gasteiger partial charge in [-0.1, -0.05) is 35.0 Å². The number of hydrogen-bond donors (Lipinski definition) is 0. The molecule has 1 aliphatic rings. The van der Waals surface area contributed by atoms with Crippen LogP contribution in [0.2, 0.25) is 0 Å². The predicted molar refractivity (Wildman–Crippen MR) is 69.4 cm³/mol. The van der Waals surface area contributed by atoms with Crippen molar-refractivity contribution in [1.82, 2.24) is 15.0 Å². The minimum atomic E-state index is 0.0769. The first-order valence-electron chi connectivity index (χ1n) is 6.46. The van der Waals surface area contributed by atoms with Gasteiger partial charge in [-0.15, -0.1) is 0 Å². The van der Waals surface area contributed by atoms with Crippen molar-refractivity contribution < 1.29 is 9.26 Å². The molecule has 0 amide bonds. The van der Waals surface area contributed by atoms with Crippen LogP contribution in [0.3, 0.4) is 0 Å². The van der Waals surface area contributed by atoms with Crippen LogP contribution in [0.5, 0.6) is 0 Å². The molecule has 1 fully saturated rings. The molecule has 0 aliphatic carbocycles. The first-order valence-corrected chi connectivity index (χ1v) is 6.46. The van der Waals surface area contributed by atoms with Gasteiger partial charge >= 0.3 is 0 Å². The van der Waals surface area contributed by atoms with Crippen molar-refractivity contribution in [2.24, 2.45) is 0 Å². The second-order valence-electron chi connectivity index (χ2n) is 4.84. The zero-order valence-electron chi connectivity index (χ0n) is 11.0. The summed E-state index contributed by atoms with van der Waals surface area (Å²) < 4.78 is 10.4. The van der Waals surface area contributed by atoms with E-state index in [-0.39, 0.29) is 6.04 Å². The van der Waals surface area contributed by atoms with Crippen LogP contribution in [0, 0.1) is 6.92 Å². The lowest BCUT2D eigenvalue weighted by molar-refractivity contribution is -0.0166. The lowest BCUT2D eigenvalue weighted by Gasteiger charge is -2.33. The van der Waals surface area contributed by atoms with Gasteiger partial charge in [-0.2, -0.15) is 4.98 Å². The first-order chi connectivity index (χ1) is 9.33. The quantitative estimate of drug-likeness (QED) is 0.843. The summed E-state index contributed by atoms with van der Waals surface area (Å²) in [6, 6.07) is 8.64. The van der Waals surface area contributed by atoms with Crippen LogP contribution in [0.15, 0.2) is 35.2 Å². The van der Waals surface area contributed by atoms with Crippen LogP contribution < -0.4 is 0 Å². The van der Waals surface area contributed by atoms with E-state index in [2.05, 4.69) is 46.2 Å². The summed E-state index contributed by atoms with van der Waals surface area (Å²) >= 11 is 0. The maximum Gasteiger partial charge on any atom is 0.213 e. The van der Waals surface area contributed by atoms with Crippen molar-refractivity contribution in [3.63, 3.8) is 0 Å². The van der Waals surface area contributed by atoms with Crippen molar-refractivity contribution in [1.29, 1.82) is 0 Å². The Morgan fingerprint density at radius 1 is 1.42 bits per heavy atom. The topological polar surface area (TPSA) is 51.4 Å². The summed E-state index contributed by atoms with van der Waals surface area (Å²) in [7, 11) is 0. The number of morpholine rings is 1. The summed E-state index contributed by atoms with van der Waals surface area (Å²) in [6.45, 7) is 5.24. The number of ether oxygens (including phenoxy) is 1. The van der Waals surface area contributed by atoms with E-state index in [0.29, 0.717) is 12.4 Å². The van der Waals surface area contributed by atoms with Gasteiger partial charge in [-0.05, 0) is 12.5 Å². The third-order valence-electron chi connectivity index (χ3n) is 3.38. The van der Waals surface area contributed by atoms with Crippen LogP contribution in [-0.4, -0.2) is 34.8 Å². The second-order valence-corrected chi connectivity index (χ2v) is 4.84. The molecule has 5 heteroatoms. The lowest BCUT2D eigenvalue weighted by atomic mass is 10.1. The maximum absolute atomic E-state index is 5.53. The van der Waals surface area contributed by atoms with Gasteiger partial charge in [0.2, 0.25) is 6.39 Å². The Bertz CT molecular complexity index is 527. The van der Waals surface area contributed by atoms with Crippen molar-refractivity contribution in [3.8, 4) is 0 Å². The number of nitrogens with zero attached hydrogens (tertiary/aromatic N) is 3. The fraction of sp³-hybridized carbons (Fsp3) is 0.429. The third kappa shape index (κ3) is 2.83. The van der Waals surface area contributed by atoms with Crippen LogP contribution in [-0.2, 0) is 11.3 Å². The highest BCUT2D eigenvalue weighted by Gasteiger charge is 2.27. The van der Waals surface area contributed by atoms with Crippen molar-refractivity contribution >= 4 is 0 Å². The third-order valence-corrected chi connectivity index (χ3v) is 3.38. The highest BCUT2D eigenvalue weighted by atomic mass is 16.5. The average Bonchev–Trinajstić information content (AvgIpc) is 2.93. The standard InChI is InChI=1S/C14H17N3O2/c1-11-3-2-4-12(7-11)8-17-5-6-18-9-13(17)14-15-10-19-16-14/h2-4,7,10,13H,5-6,8-9H2,1H3/t13-/m1/s1.